The van der Waals surface area contributed by atoms with Crippen molar-refractivity contribution in [1.82, 2.24) is 15.3 Å². The number of hydrogen-bond acceptors (Lipinski definition) is 5. The Morgan fingerprint density at radius 1 is 1.42 bits per heavy atom. The van der Waals surface area contributed by atoms with Crippen LogP contribution in [-0.2, 0) is 4.74 Å². The monoisotopic (exact) mass is 332 g/mol. The van der Waals surface area contributed by atoms with E-state index in [2.05, 4.69) is 20.6 Å². The van der Waals surface area contributed by atoms with Crippen LogP contribution in [0.3, 0.4) is 0 Å². The van der Waals surface area contributed by atoms with Crippen LogP contribution in [0.5, 0.6) is 0 Å². The van der Waals surface area contributed by atoms with Gasteiger partial charge in [0.05, 0.1) is 11.2 Å². The Morgan fingerprint density at radius 2 is 2.17 bits per heavy atom. The van der Waals surface area contributed by atoms with Gasteiger partial charge in [-0.05, 0) is 46.2 Å². The van der Waals surface area contributed by atoms with Crippen molar-refractivity contribution in [2.45, 2.75) is 45.8 Å². The molecule has 130 valence electrons. The first-order chi connectivity index (χ1) is 11.2. The number of amides is 1. The molecular weight excluding hydrogens is 308 g/mol. The number of fused-ring (bicyclic) bond motifs is 1. The van der Waals surface area contributed by atoms with E-state index < -0.39 is 11.7 Å². The molecule has 0 fully saturated rings. The van der Waals surface area contributed by atoms with Crippen molar-refractivity contribution in [3.63, 3.8) is 0 Å². The number of nitrogens with one attached hydrogen (secondary N) is 3. The number of hydrogen-bond donors (Lipinski definition) is 3. The van der Waals surface area contributed by atoms with Gasteiger partial charge in [-0.1, -0.05) is 0 Å². The van der Waals surface area contributed by atoms with Crippen molar-refractivity contribution in [2.24, 2.45) is 0 Å². The summed E-state index contributed by atoms with van der Waals surface area (Å²) in [5, 5.41) is 5.99. The Kier molecular flexibility index (Phi) is 5.43. The number of nitrogens with zero attached hydrogens (tertiary/aromatic N) is 1. The minimum atomic E-state index is -0.516. The van der Waals surface area contributed by atoms with Crippen molar-refractivity contribution < 1.29 is 9.53 Å². The number of ether oxygens (including phenoxy) is 1. The third-order valence-corrected chi connectivity index (χ3v) is 3.25. The largest absolute Gasteiger partial charge is 0.444 e. The number of aromatic nitrogens is 2. The quantitative estimate of drug-likeness (QED) is 0.782. The topological polar surface area (TPSA) is 96.1 Å². The van der Waals surface area contributed by atoms with Gasteiger partial charge in [0.2, 0.25) is 0 Å². The summed E-state index contributed by atoms with van der Waals surface area (Å²) >= 11 is 0. The first-order valence-corrected chi connectivity index (χ1v) is 7.96. The molecular formula is C17H24N4O3. The van der Waals surface area contributed by atoms with E-state index in [0.717, 1.165) is 0 Å². The molecule has 2 rings (SSSR count). The van der Waals surface area contributed by atoms with Crippen molar-refractivity contribution in [2.75, 3.05) is 11.9 Å². The van der Waals surface area contributed by atoms with Crippen molar-refractivity contribution in [1.29, 1.82) is 0 Å². The molecule has 3 N–H and O–H groups in total. The third kappa shape index (κ3) is 5.26. The number of rotatable bonds is 5. The van der Waals surface area contributed by atoms with E-state index in [1.54, 1.807) is 12.3 Å². The van der Waals surface area contributed by atoms with Crippen molar-refractivity contribution in [3.05, 3.63) is 34.7 Å². The van der Waals surface area contributed by atoms with Gasteiger partial charge in [0, 0.05) is 24.8 Å². The number of carbonyl (C=O) groups is 1. The lowest BCUT2D eigenvalue weighted by atomic mass is 10.2. The molecule has 0 aliphatic rings. The second-order valence-corrected chi connectivity index (χ2v) is 6.71. The van der Waals surface area contributed by atoms with E-state index in [9.17, 15) is 9.59 Å². The number of anilines is 1. The molecule has 0 saturated carbocycles. The lowest BCUT2D eigenvalue weighted by molar-refractivity contribution is 0.0507. The third-order valence-electron chi connectivity index (χ3n) is 3.25. The van der Waals surface area contributed by atoms with Gasteiger partial charge in [-0.3, -0.25) is 9.78 Å². The Bertz CT molecular complexity index is 764. The van der Waals surface area contributed by atoms with Gasteiger partial charge >= 0.3 is 6.09 Å². The predicted molar refractivity (Wildman–Crippen MR) is 94.3 cm³/mol. The summed E-state index contributed by atoms with van der Waals surface area (Å²) in [7, 11) is 0. The molecule has 24 heavy (non-hydrogen) atoms. The molecule has 0 saturated heterocycles. The number of alkyl carbamates (subject to hydrolysis) is 1. The molecule has 2 aromatic heterocycles. The van der Waals surface area contributed by atoms with E-state index in [4.69, 9.17) is 4.74 Å². The van der Waals surface area contributed by atoms with Crippen LogP contribution in [0.4, 0.5) is 10.5 Å². The molecule has 7 heteroatoms. The zero-order valence-corrected chi connectivity index (χ0v) is 14.5. The predicted octanol–water partition coefficient (Wildman–Crippen LogP) is 2.64. The SMILES string of the molecule is C[C@@H](CCNc1cc(=O)[nH]c2cccnc12)NC(=O)OC(C)(C)C. The maximum atomic E-state index is 11.7. The normalized spacial score (nSPS) is 12.7. The summed E-state index contributed by atoms with van der Waals surface area (Å²) in [6.07, 6.45) is 1.93. The summed E-state index contributed by atoms with van der Waals surface area (Å²) in [6, 6.07) is 5.01. The number of carbonyl (C=O) groups excluding carboxylic acids is 1. The molecule has 0 bridgehead atoms. The smallest absolute Gasteiger partial charge is 0.407 e. The molecule has 2 aromatic rings. The summed E-state index contributed by atoms with van der Waals surface area (Å²) in [5.74, 6) is 0. The second kappa shape index (κ2) is 7.33. The molecule has 0 aromatic carbocycles. The zero-order valence-electron chi connectivity index (χ0n) is 14.5. The van der Waals surface area contributed by atoms with Crippen LogP contribution in [0, 0.1) is 0 Å². The van der Waals surface area contributed by atoms with E-state index in [0.29, 0.717) is 29.7 Å². The van der Waals surface area contributed by atoms with E-state index in [-0.39, 0.29) is 11.6 Å². The Balaban J connectivity index is 1.90. The summed E-state index contributed by atoms with van der Waals surface area (Å²) < 4.78 is 5.22. The standard InChI is InChI=1S/C17H24N4O3/c1-11(20-16(23)24-17(2,3)4)7-9-18-13-10-14(22)21-12-6-5-8-19-15(12)13/h5-6,8,10-11H,7,9H2,1-4H3,(H,20,23)(H2,18,21,22)/t11-/m0/s1. The Hall–Kier alpha value is -2.57. The molecule has 1 amide bonds. The lowest BCUT2D eigenvalue weighted by Crippen LogP contribution is -2.38. The van der Waals surface area contributed by atoms with Gasteiger partial charge in [-0.25, -0.2) is 4.79 Å². The van der Waals surface area contributed by atoms with Crippen LogP contribution in [-0.4, -0.2) is 34.2 Å². The van der Waals surface area contributed by atoms with E-state index >= 15 is 0 Å². The highest BCUT2D eigenvalue weighted by Gasteiger charge is 2.17. The molecule has 1 atom stereocenters. The zero-order chi connectivity index (χ0) is 17.7. The molecule has 0 spiro atoms. The molecule has 7 nitrogen and oxygen atoms in total. The van der Waals surface area contributed by atoms with Gasteiger partial charge in [0.25, 0.3) is 5.56 Å². The van der Waals surface area contributed by atoms with Crippen molar-refractivity contribution in [3.8, 4) is 0 Å². The minimum Gasteiger partial charge on any atom is -0.444 e. The maximum absolute atomic E-state index is 11.7. The highest BCUT2D eigenvalue weighted by atomic mass is 16.6. The van der Waals surface area contributed by atoms with Crippen LogP contribution in [0.1, 0.15) is 34.1 Å². The fraction of sp³-hybridized carbons (Fsp3) is 0.471. The van der Waals surface area contributed by atoms with Crippen LogP contribution in [0.2, 0.25) is 0 Å². The summed E-state index contributed by atoms with van der Waals surface area (Å²) in [6.45, 7) is 7.96. The van der Waals surface area contributed by atoms with Gasteiger partial charge < -0.3 is 20.4 Å². The summed E-state index contributed by atoms with van der Waals surface area (Å²) in [4.78, 5) is 30.4. The van der Waals surface area contributed by atoms with Crippen LogP contribution in [0.15, 0.2) is 29.2 Å². The highest BCUT2D eigenvalue weighted by molar-refractivity contribution is 5.86. The highest BCUT2D eigenvalue weighted by Crippen LogP contribution is 2.16. The van der Waals surface area contributed by atoms with Crippen LogP contribution < -0.4 is 16.2 Å². The average Bonchev–Trinajstić information content (AvgIpc) is 2.44. The lowest BCUT2D eigenvalue weighted by Gasteiger charge is -2.22. The molecule has 0 radical (unpaired) electrons. The minimum absolute atomic E-state index is 0.0615. The number of H-pyrrole nitrogens is 1. The molecule has 0 unspecified atom stereocenters. The first kappa shape index (κ1) is 17.8. The number of aromatic amines is 1. The molecule has 2 heterocycles. The van der Waals surface area contributed by atoms with Gasteiger partial charge in [0.15, 0.2) is 0 Å². The van der Waals surface area contributed by atoms with Gasteiger partial charge in [-0.2, -0.15) is 0 Å². The van der Waals surface area contributed by atoms with E-state index in [1.807, 2.05) is 33.8 Å². The fourth-order valence-corrected chi connectivity index (χ4v) is 2.23. The maximum Gasteiger partial charge on any atom is 0.407 e. The van der Waals surface area contributed by atoms with Gasteiger partial charge in [-0.15, -0.1) is 0 Å². The molecule has 0 aliphatic carbocycles. The van der Waals surface area contributed by atoms with Crippen molar-refractivity contribution >= 4 is 22.8 Å². The second-order valence-electron chi connectivity index (χ2n) is 6.71. The first-order valence-electron chi connectivity index (χ1n) is 7.96. The average molecular weight is 332 g/mol. The van der Waals surface area contributed by atoms with Crippen LogP contribution in [0.25, 0.3) is 11.0 Å². The Morgan fingerprint density at radius 3 is 2.88 bits per heavy atom. The Labute approximate surface area is 140 Å². The van der Waals surface area contributed by atoms with Gasteiger partial charge in [0.1, 0.15) is 11.1 Å². The van der Waals surface area contributed by atoms with E-state index in [1.165, 1.54) is 6.07 Å². The molecule has 0 aliphatic heterocycles. The summed E-state index contributed by atoms with van der Waals surface area (Å²) in [5.41, 5.74) is 1.38. The number of pyridine rings is 2. The van der Waals surface area contributed by atoms with Crippen LogP contribution >= 0.6 is 0 Å². The fourth-order valence-electron chi connectivity index (χ4n) is 2.23.